The zero-order valence-corrected chi connectivity index (χ0v) is 13.3. The van der Waals surface area contributed by atoms with Gasteiger partial charge in [0.25, 0.3) is 5.91 Å². The van der Waals surface area contributed by atoms with E-state index < -0.39 is 11.7 Å². The smallest absolute Gasteiger partial charge is 0.251 e. The second-order valence-electron chi connectivity index (χ2n) is 6.34. The van der Waals surface area contributed by atoms with Gasteiger partial charge in [-0.05, 0) is 62.2 Å². The maximum absolute atomic E-state index is 13.6. The summed E-state index contributed by atoms with van der Waals surface area (Å²) < 4.78 is 19.3. The zero-order chi connectivity index (χ0) is 14.9. The number of carbonyl (C=O) groups is 1. The molecule has 0 radical (unpaired) electrons. The Morgan fingerprint density at radius 1 is 1.36 bits per heavy atom. The van der Waals surface area contributed by atoms with Crippen LogP contribution >= 0.6 is 12.4 Å². The molecule has 0 unspecified atom stereocenters. The second kappa shape index (κ2) is 6.84. The molecule has 122 valence electrons. The molecule has 1 heterocycles. The van der Waals surface area contributed by atoms with E-state index in [0.717, 1.165) is 13.1 Å². The van der Waals surface area contributed by atoms with Crippen LogP contribution in [0.5, 0.6) is 5.75 Å². The number of piperidine rings is 1. The Bertz CT molecular complexity index is 539. The van der Waals surface area contributed by atoms with Gasteiger partial charge in [0.15, 0.2) is 0 Å². The fourth-order valence-corrected chi connectivity index (χ4v) is 3.65. The Balaban J connectivity index is 0.00000176. The van der Waals surface area contributed by atoms with Gasteiger partial charge in [-0.1, -0.05) is 0 Å². The van der Waals surface area contributed by atoms with Crippen molar-refractivity contribution < 1.29 is 13.9 Å². The quantitative estimate of drug-likeness (QED) is 0.892. The van der Waals surface area contributed by atoms with Crippen LogP contribution in [0.1, 0.15) is 36.0 Å². The minimum atomic E-state index is -0.758. The Morgan fingerprint density at radius 3 is 2.64 bits per heavy atom. The number of amides is 1. The van der Waals surface area contributed by atoms with Crippen LogP contribution in [-0.2, 0) is 0 Å². The number of hydrogen-bond acceptors (Lipinski definition) is 3. The summed E-state index contributed by atoms with van der Waals surface area (Å²) in [4.78, 5) is 11.0. The lowest BCUT2D eigenvalue weighted by molar-refractivity contribution is -0.00209. The van der Waals surface area contributed by atoms with Crippen molar-refractivity contribution >= 4 is 18.3 Å². The molecule has 0 bridgehead atoms. The Morgan fingerprint density at radius 2 is 2.05 bits per heavy atom. The highest BCUT2D eigenvalue weighted by Gasteiger charge is 2.44. The van der Waals surface area contributed by atoms with Gasteiger partial charge in [0.2, 0.25) is 0 Å². The van der Waals surface area contributed by atoms with E-state index in [1.807, 2.05) is 0 Å². The van der Waals surface area contributed by atoms with Gasteiger partial charge >= 0.3 is 0 Å². The summed E-state index contributed by atoms with van der Waals surface area (Å²) in [6, 6.07) is 4.21. The Hall–Kier alpha value is -1.33. The van der Waals surface area contributed by atoms with E-state index in [1.165, 1.54) is 37.8 Å². The van der Waals surface area contributed by atoms with Crippen molar-refractivity contribution in [3.05, 3.63) is 29.6 Å². The van der Waals surface area contributed by atoms with Crippen LogP contribution in [0.3, 0.4) is 0 Å². The van der Waals surface area contributed by atoms with Gasteiger partial charge < -0.3 is 15.8 Å². The second-order valence-corrected chi connectivity index (χ2v) is 6.34. The summed E-state index contributed by atoms with van der Waals surface area (Å²) in [5.41, 5.74) is 5.50. The van der Waals surface area contributed by atoms with Crippen molar-refractivity contribution in [1.82, 2.24) is 5.32 Å². The van der Waals surface area contributed by atoms with Crippen molar-refractivity contribution in [2.24, 2.45) is 17.1 Å². The van der Waals surface area contributed by atoms with Gasteiger partial charge in [0, 0.05) is 6.07 Å². The highest BCUT2D eigenvalue weighted by atomic mass is 35.5. The van der Waals surface area contributed by atoms with Crippen LogP contribution in [0.25, 0.3) is 0 Å². The Labute approximate surface area is 136 Å². The van der Waals surface area contributed by atoms with Crippen LogP contribution in [0.15, 0.2) is 18.2 Å². The fraction of sp³-hybridized carbons (Fsp3) is 0.562. The van der Waals surface area contributed by atoms with E-state index in [4.69, 9.17) is 10.5 Å². The number of nitrogens with one attached hydrogen (secondary N) is 1. The fourth-order valence-electron chi connectivity index (χ4n) is 3.65. The van der Waals surface area contributed by atoms with Gasteiger partial charge in [-0.15, -0.1) is 12.4 Å². The SMILES string of the molecule is Cl.NC(=O)c1ccc(OCC2CC3(CCNCC3)C2)cc1F. The summed E-state index contributed by atoms with van der Waals surface area (Å²) in [5, 5.41) is 3.39. The van der Waals surface area contributed by atoms with Crippen LogP contribution in [0, 0.1) is 17.2 Å². The van der Waals surface area contributed by atoms with Gasteiger partial charge in [0.05, 0.1) is 12.2 Å². The third kappa shape index (κ3) is 3.52. The van der Waals surface area contributed by atoms with E-state index in [9.17, 15) is 9.18 Å². The molecular weight excluding hydrogens is 307 g/mol. The van der Waals surface area contributed by atoms with Crippen LogP contribution in [0.4, 0.5) is 4.39 Å². The third-order valence-electron chi connectivity index (χ3n) is 4.80. The number of nitrogens with two attached hydrogens (primary N) is 1. The summed E-state index contributed by atoms with van der Waals surface area (Å²) in [5.74, 6) is -0.361. The van der Waals surface area contributed by atoms with Crippen molar-refractivity contribution in [2.75, 3.05) is 19.7 Å². The maximum atomic E-state index is 13.6. The predicted molar refractivity (Wildman–Crippen MR) is 84.9 cm³/mol. The normalized spacial score (nSPS) is 20.0. The number of ether oxygens (including phenoxy) is 1. The van der Waals surface area contributed by atoms with Crippen molar-refractivity contribution in [3.8, 4) is 5.75 Å². The van der Waals surface area contributed by atoms with E-state index in [2.05, 4.69) is 5.32 Å². The first-order valence-electron chi connectivity index (χ1n) is 7.51. The topological polar surface area (TPSA) is 64.4 Å². The summed E-state index contributed by atoms with van der Waals surface area (Å²) in [7, 11) is 0. The van der Waals surface area contributed by atoms with Crippen molar-refractivity contribution in [3.63, 3.8) is 0 Å². The molecule has 2 aliphatic rings. The molecule has 2 fully saturated rings. The minimum Gasteiger partial charge on any atom is -0.493 e. The molecule has 1 aromatic rings. The molecule has 0 atom stereocenters. The van der Waals surface area contributed by atoms with Crippen LogP contribution in [0.2, 0.25) is 0 Å². The van der Waals surface area contributed by atoms with Crippen LogP contribution in [-0.4, -0.2) is 25.6 Å². The maximum Gasteiger partial charge on any atom is 0.251 e. The highest BCUT2D eigenvalue weighted by Crippen LogP contribution is 2.51. The van der Waals surface area contributed by atoms with Crippen molar-refractivity contribution in [1.29, 1.82) is 0 Å². The first kappa shape index (κ1) is 17.0. The molecule has 1 aromatic carbocycles. The third-order valence-corrected chi connectivity index (χ3v) is 4.80. The zero-order valence-electron chi connectivity index (χ0n) is 12.4. The number of rotatable bonds is 4. The molecule has 1 aliphatic heterocycles. The molecule has 3 N–H and O–H groups in total. The lowest BCUT2D eigenvalue weighted by atomic mass is 9.58. The largest absolute Gasteiger partial charge is 0.493 e. The summed E-state index contributed by atoms with van der Waals surface area (Å²) >= 11 is 0. The first-order valence-corrected chi connectivity index (χ1v) is 7.51. The lowest BCUT2D eigenvalue weighted by Gasteiger charge is -2.50. The number of hydrogen-bond donors (Lipinski definition) is 2. The predicted octanol–water partition coefficient (Wildman–Crippen LogP) is 2.51. The molecule has 1 saturated heterocycles. The minimum absolute atomic E-state index is 0. The number of benzene rings is 1. The molecule has 1 spiro atoms. The number of carbonyl (C=O) groups excluding carboxylic acids is 1. The van der Waals surface area contributed by atoms with Crippen LogP contribution < -0.4 is 15.8 Å². The molecular formula is C16H22ClFN2O2. The molecule has 6 heteroatoms. The molecule has 1 amide bonds. The number of primary amides is 1. The molecule has 1 saturated carbocycles. The molecule has 22 heavy (non-hydrogen) atoms. The summed E-state index contributed by atoms with van der Waals surface area (Å²) in [6.45, 7) is 2.85. The standard InChI is InChI=1S/C16H21FN2O2.ClH/c17-14-7-12(1-2-13(14)15(18)20)21-10-11-8-16(9-11)3-5-19-6-4-16;/h1-2,7,11,19H,3-6,8-10H2,(H2,18,20);1H. The molecule has 1 aliphatic carbocycles. The van der Waals surface area contributed by atoms with E-state index in [1.54, 1.807) is 6.07 Å². The number of halogens is 2. The van der Waals surface area contributed by atoms with E-state index >= 15 is 0 Å². The average molecular weight is 329 g/mol. The molecule has 4 nitrogen and oxygen atoms in total. The summed E-state index contributed by atoms with van der Waals surface area (Å²) in [6.07, 6.45) is 4.92. The first-order chi connectivity index (χ1) is 10.1. The average Bonchev–Trinajstić information content (AvgIpc) is 2.43. The van der Waals surface area contributed by atoms with E-state index in [-0.39, 0.29) is 18.0 Å². The lowest BCUT2D eigenvalue weighted by Crippen LogP contribution is -2.46. The van der Waals surface area contributed by atoms with Gasteiger partial charge in [-0.2, -0.15) is 0 Å². The molecule has 3 rings (SSSR count). The van der Waals surface area contributed by atoms with E-state index in [0.29, 0.717) is 23.7 Å². The monoisotopic (exact) mass is 328 g/mol. The Kier molecular flexibility index (Phi) is 5.29. The van der Waals surface area contributed by atoms with Crippen molar-refractivity contribution in [2.45, 2.75) is 25.7 Å². The van der Waals surface area contributed by atoms with Gasteiger partial charge in [-0.25, -0.2) is 4.39 Å². The van der Waals surface area contributed by atoms with Gasteiger partial charge in [0.1, 0.15) is 11.6 Å². The molecule has 0 aromatic heterocycles. The highest BCUT2D eigenvalue weighted by molar-refractivity contribution is 5.93. The van der Waals surface area contributed by atoms with Gasteiger partial charge in [-0.3, -0.25) is 4.79 Å².